The van der Waals surface area contributed by atoms with Crippen molar-refractivity contribution in [1.82, 2.24) is 5.32 Å². The fourth-order valence-electron chi connectivity index (χ4n) is 2.79. The van der Waals surface area contributed by atoms with Crippen LogP contribution in [0.15, 0.2) is 18.2 Å². The maximum absolute atomic E-state index is 3.69. The summed E-state index contributed by atoms with van der Waals surface area (Å²) in [7, 11) is 0. The summed E-state index contributed by atoms with van der Waals surface area (Å²) in [5, 5.41) is 3.69. The number of fused-ring (bicyclic) bond motifs is 1. The van der Waals surface area contributed by atoms with Crippen molar-refractivity contribution in [3.05, 3.63) is 34.9 Å². The van der Waals surface area contributed by atoms with Gasteiger partial charge in [0.05, 0.1) is 0 Å². The molecule has 2 atom stereocenters. The van der Waals surface area contributed by atoms with Crippen LogP contribution in [0.5, 0.6) is 0 Å². The molecule has 1 nitrogen and oxygen atoms in total. The fraction of sp³-hybridized carbons (Fsp3) is 0.625. The Labute approximate surface area is 106 Å². The standard InChI is InChI=1S/C16H25N/c1-10(2)13-6-7-14-12(5)9-17-16(11(3)4)15(14)8-13/h6-8,10-12,16-17H,9H2,1-5H3. The Hall–Kier alpha value is -0.820. The van der Waals surface area contributed by atoms with Gasteiger partial charge in [0.15, 0.2) is 0 Å². The first kappa shape index (κ1) is 12.6. The Morgan fingerprint density at radius 3 is 2.41 bits per heavy atom. The molecule has 1 heteroatoms. The molecule has 0 aromatic heterocycles. The van der Waals surface area contributed by atoms with E-state index in [4.69, 9.17) is 0 Å². The van der Waals surface area contributed by atoms with Crippen molar-refractivity contribution in [3.63, 3.8) is 0 Å². The Morgan fingerprint density at radius 2 is 1.82 bits per heavy atom. The normalized spacial score (nSPS) is 24.2. The zero-order valence-corrected chi connectivity index (χ0v) is 11.7. The van der Waals surface area contributed by atoms with Crippen LogP contribution < -0.4 is 5.32 Å². The minimum Gasteiger partial charge on any atom is -0.309 e. The van der Waals surface area contributed by atoms with E-state index in [0.717, 1.165) is 6.54 Å². The minimum atomic E-state index is 0.528. The summed E-state index contributed by atoms with van der Waals surface area (Å²) in [5.74, 6) is 1.91. The quantitative estimate of drug-likeness (QED) is 0.804. The fourth-order valence-corrected chi connectivity index (χ4v) is 2.79. The van der Waals surface area contributed by atoms with Crippen molar-refractivity contribution in [2.24, 2.45) is 5.92 Å². The van der Waals surface area contributed by atoms with Crippen LogP contribution in [0.2, 0.25) is 0 Å². The molecule has 0 radical (unpaired) electrons. The van der Waals surface area contributed by atoms with Crippen LogP contribution in [-0.4, -0.2) is 6.54 Å². The van der Waals surface area contributed by atoms with E-state index in [1.807, 2.05) is 0 Å². The third-order valence-corrected chi connectivity index (χ3v) is 3.95. The molecule has 2 unspecified atom stereocenters. The highest BCUT2D eigenvalue weighted by molar-refractivity contribution is 5.39. The first-order valence-corrected chi connectivity index (χ1v) is 6.87. The van der Waals surface area contributed by atoms with Crippen LogP contribution in [0.25, 0.3) is 0 Å². The second kappa shape index (κ2) is 4.81. The lowest BCUT2D eigenvalue weighted by Gasteiger charge is -2.34. The minimum absolute atomic E-state index is 0.528. The van der Waals surface area contributed by atoms with Crippen molar-refractivity contribution in [1.29, 1.82) is 0 Å². The molecule has 0 bridgehead atoms. The molecule has 1 N–H and O–H groups in total. The van der Waals surface area contributed by atoms with E-state index in [0.29, 0.717) is 23.8 Å². The van der Waals surface area contributed by atoms with Gasteiger partial charge in [-0.1, -0.05) is 52.8 Å². The van der Waals surface area contributed by atoms with Crippen molar-refractivity contribution < 1.29 is 0 Å². The van der Waals surface area contributed by atoms with Gasteiger partial charge in [-0.2, -0.15) is 0 Å². The summed E-state index contributed by atoms with van der Waals surface area (Å²) in [4.78, 5) is 0. The number of nitrogens with one attached hydrogen (secondary N) is 1. The van der Waals surface area contributed by atoms with Gasteiger partial charge in [0.1, 0.15) is 0 Å². The summed E-state index contributed by atoms with van der Waals surface area (Å²) in [5.41, 5.74) is 4.54. The van der Waals surface area contributed by atoms with Crippen LogP contribution >= 0.6 is 0 Å². The molecule has 1 aromatic rings. The van der Waals surface area contributed by atoms with Gasteiger partial charge >= 0.3 is 0 Å². The first-order chi connectivity index (χ1) is 8.00. The largest absolute Gasteiger partial charge is 0.309 e. The predicted molar refractivity (Wildman–Crippen MR) is 74.5 cm³/mol. The van der Waals surface area contributed by atoms with Gasteiger partial charge in [-0.3, -0.25) is 0 Å². The van der Waals surface area contributed by atoms with E-state index >= 15 is 0 Å². The van der Waals surface area contributed by atoms with Gasteiger partial charge in [-0.15, -0.1) is 0 Å². The van der Waals surface area contributed by atoms with Crippen LogP contribution in [0, 0.1) is 5.92 Å². The first-order valence-electron chi connectivity index (χ1n) is 6.87. The van der Waals surface area contributed by atoms with E-state index in [1.54, 1.807) is 5.56 Å². The molecule has 0 amide bonds. The zero-order valence-electron chi connectivity index (χ0n) is 11.7. The topological polar surface area (TPSA) is 12.0 Å². The Bertz CT molecular complexity index is 393. The Morgan fingerprint density at radius 1 is 1.12 bits per heavy atom. The summed E-state index contributed by atoms with van der Waals surface area (Å²) in [6.07, 6.45) is 0. The van der Waals surface area contributed by atoms with Crippen molar-refractivity contribution in [3.8, 4) is 0 Å². The lowest BCUT2D eigenvalue weighted by atomic mass is 9.81. The van der Waals surface area contributed by atoms with Gasteiger partial charge in [0.25, 0.3) is 0 Å². The Balaban J connectivity index is 2.46. The SMILES string of the molecule is CC(C)c1ccc2c(c1)C(C(C)C)NCC2C. The predicted octanol–water partition coefficient (Wildman–Crippen LogP) is 4.21. The molecule has 0 fully saturated rings. The second-order valence-electron chi connectivity index (χ2n) is 6.07. The van der Waals surface area contributed by atoms with E-state index in [-0.39, 0.29) is 0 Å². The van der Waals surface area contributed by atoms with E-state index in [1.165, 1.54) is 11.1 Å². The van der Waals surface area contributed by atoms with Crippen LogP contribution in [0.1, 0.15) is 69.2 Å². The maximum Gasteiger partial charge on any atom is 0.0346 e. The summed E-state index contributed by atoms with van der Waals surface area (Å²) in [6.45, 7) is 12.6. The molecule has 1 aromatic carbocycles. The molecular weight excluding hydrogens is 206 g/mol. The molecule has 1 aliphatic rings. The molecule has 0 spiro atoms. The zero-order chi connectivity index (χ0) is 12.6. The number of hydrogen-bond acceptors (Lipinski definition) is 1. The highest BCUT2D eigenvalue weighted by Crippen LogP contribution is 2.35. The summed E-state index contributed by atoms with van der Waals surface area (Å²) < 4.78 is 0. The van der Waals surface area contributed by atoms with Crippen LogP contribution in [0.4, 0.5) is 0 Å². The number of rotatable bonds is 2. The lowest BCUT2D eigenvalue weighted by molar-refractivity contribution is 0.376. The van der Waals surface area contributed by atoms with Gasteiger partial charge in [0.2, 0.25) is 0 Å². The molecule has 0 saturated heterocycles. The molecule has 0 saturated carbocycles. The highest BCUT2D eigenvalue weighted by atomic mass is 14.9. The highest BCUT2D eigenvalue weighted by Gasteiger charge is 2.26. The smallest absolute Gasteiger partial charge is 0.0346 e. The third kappa shape index (κ3) is 2.40. The van der Waals surface area contributed by atoms with Crippen LogP contribution in [-0.2, 0) is 0 Å². The van der Waals surface area contributed by atoms with Crippen LogP contribution in [0.3, 0.4) is 0 Å². The summed E-state index contributed by atoms with van der Waals surface area (Å²) >= 11 is 0. The lowest BCUT2D eigenvalue weighted by Crippen LogP contribution is -2.35. The number of benzene rings is 1. The number of hydrogen-bond donors (Lipinski definition) is 1. The van der Waals surface area contributed by atoms with Gasteiger partial charge in [0, 0.05) is 12.6 Å². The molecule has 1 aliphatic heterocycles. The maximum atomic E-state index is 3.69. The van der Waals surface area contributed by atoms with Crippen molar-refractivity contribution in [2.45, 2.75) is 52.5 Å². The molecular formula is C16H25N. The Kier molecular flexibility index (Phi) is 3.58. The third-order valence-electron chi connectivity index (χ3n) is 3.95. The van der Waals surface area contributed by atoms with Gasteiger partial charge in [-0.25, -0.2) is 0 Å². The van der Waals surface area contributed by atoms with E-state index < -0.39 is 0 Å². The average Bonchev–Trinajstić information content (AvgIpc) is 2.28. The average molecular weight is 231 g/mol. The molecule has 2 rings (SSSR count). The monoisotopic (exact) mass is 231 g/mol. The second-order valence-corrected chi connectivity index (χ2v) is 6.07. The van der Waals surface area contributed by atoms with Crippen molar-refractivity contribution >= 4 is 0 Å². The summed E-state index contributed by atoms with van der Waals surface area (Å²) in [6, 6.07) is 7.61. The molecule has 94 valence electrons. The van der Waals surface area contributed by atoms with Gasteiger partial charge < -0.3 is 5.32 Å². The van der Waals surface area contributed by atoms with Gasteiger partial charge in [-0.05, 0) is 34.4 Å². The molecule has 0 aliphatic carbocycles. The van der Waals surface area contributed by atoms with Crippen molar-refractivity contribution in [2.75, 3.05) is 6.54 Å². The van der Waals surface area contributed by atoms with E-state index in [9.17, 15) is 0 Å². The molecule has 17 heavy (non-hydrogen) atoms. The molecule has 1 heterocycles. The van der Waals surface area contributed by atoms with E-state index in [2.05, 4.69) is 58.1 Å².